The lowest BCUT2D eigenvalue weighted by atomic mass is 9.47. The van der Waals surface area contributed by atoms with Crippen molar-refractivity contribution in [3.8, 4) is 0 Å². The standard InChI is InChI=1S/C18H24O3/c1-17-7-5-12(19)9-11(17)3-4-13-14(17)6-8-18(2)15(13)10-21-16(18)20/h9,13-15H,3-8,10H2,1-2H3/t13?,14?,15?,17?,18-/m0/s1. The van der Waals surface area contributed by atoms with Gasteiger partial charge in [0, 0.05) is 12.3 Å². The van der Waals surface area contributed by atoms with Crippen molar-refractivity contribution in [2.24, 2.45) is 28.6 Å². The van der Waals surface area contributed by atoms with Crippen molar-refractivity contribution < 1.29 is 14.3 Å². The predicted octanol–water partition coefficient (Wildman–Crippen LogP) is 3.28. The van der Waals surface area contributed by atoms with Crippen molar-refractivity contribution in [1.29, 1.82) is 0 Å². The van der Waals surface area contributed by atoms with E-state index in [1.165, 1.54) is 5.57 Å². The molecule has 0 aromatic heterocycles. The number of ether oxygens (including phenoxy) is 1. The molecule has 3 heteroatoms. The van der Waals surface area contributed by atoms with Crippen LogP contribution in [0.2, 0.25) is 0 Å². The van der Waals surface area contributed by atoms with Crippen LogP contribution in [0.3, 0.4) is 0 Å². The first-order valence-electron chi connectivity index (χ1n) is 8.36. The van der Waals surface area contributed by atoms with E-state index in [2.05, 4.69) is 13.8 Å². The van der Waals surface area contributed by atoms with Gasteiger partial charge in [0.05, 0.1) is 12.0 Å². The van der Waals surface area contributed by atoms with Gasteiger partial charge in [-0.25, -0.2) is 0 Å². The molecule has 0 N–H and O–H groups in total. The van der Waals surface area contributed by atoms with Gasteiger partial charge in [-0.15, -0.1) is 0 Å². The Balaban J connectivity index is 1.70. The molecule has 1 aliphatic heterocycles. The quantitative estimate of drug-likeness (QED) is 0.642. The molecule has 0 bridgehead atoms. The maximum absolute atomic E-state index is 12.1. The highest BCUT2D eigenvalue weighted by molar-refractivity contribution is 5.91. The van der Waals surface area contributed by atoms with Crippen molar-refractivity contribution in [3.05, 3.63) is 11.6 Å². The van der Waals surface area contributed by atoms with Crippen LogP contribution < -0.4 is 0 Å². The van der Waals surface area contributed by atoms with Crippen LogP contribution in [0.4, 0.5) is 0 Å². The molecule has 3 fully saturated rings. The van der Waals surface area contributed by atoms with Gasteiger partial charge in [0.15, 0.2) is 5.78 Å². The minimum absolute atomic E-state index is 0.0243. The Morgan fingerprint density at radius 2 is 1.86 bits per heavy atom. The zero-order valence-electron chi connectivity index (χ0n) is 13.0. The molecule has 0 aromatic rings. The number of esters is 1. The molecule has 4 unspecified atom stereocenters. The summed E-state index contributed by atoms with van der Waals surface area (Å²) in [6.07, 6.45) is 7.84. The first-order chi connectivity index (χ1) is 9.95. The predicted molar refractivity (Wildman–Crippen MR) is 78.4 cm³/mol. The first-order valence-corrected chi connectivity index (χ1v) is 8.36. The fourth-order valence-electron chi connectivity index (χ4n) is 5.77. The number of fused-ring (bicyclic) bond motifs is 5. The summed E-state index contributed by atoms with van der Waals surface area (Å²) in [6, 6.07) is 0. The van der Waals surface area contributed by atoms with E-state index in [4.69, 9.17) is 4.74 Å². The van der Waals surface area contributed by atoms with Gasteiger partial charge in [-0.2, -0.15) is 0 Å². The van der Waals surface area contributed by atoms with E-state index in [-0.39, 0.29) is 16.8 Å². The number of hydrogen-bond donors (Lipinski definition) is 0. The average Bonchev–Trinajstić information content (AvgIpc) is 2.76. The van der Waals surface area contributed by atoms with Crippen molar-refractivity contribution in [2.45, 2.75) is 52.4 Å². The molecule has 5 atom stereocenters. The number of allylic oxidation sites excluding steroid dienone is 2. The van der Waals surface area contributed by atoms with Crippen molar-refractivity contribution in [3.63, 3.8) is 0 Å². The normalized spacial score (nSPS) is 48.9. The van der Waals surface area contributed by atoms with Crippen LogP contribution in [-0.4, -0.2) is 18.4 Å². The fourth-order valence-corrected chi connectivity index (χ4v) is 5.77. The van der Waals surface area contributed by atoms with Gasteiger partial charge < -0.3 is 4.74 Å². The van der Waals surface area contributed by atoms with E-state index in [0.717, 1.165) is 32.1 Å². The van der Waals surface area contributed by atoms with Crippen molar-refractivity contribution in [2.75, 3.05) is 6.61 Å². The second kappa shape index (κ2) is 4.21. The first kappa shape index (κ1) is 13.5. The van der Waals surface area contributed by atoms with Gasteiger partial charge >= 0.3 is 5.97 Å². The number of hydrogen-bond acceptors (Lipinski definition) is 3. The number of carbonyl (C=O) groups excluding carboxylic acids is 2. The largest absolute Gasteiger partial charge is 0.465 e. The Morgan fingerprint density at radius 3 is 2.67 bits per heavy atom. The lowest BCUT2D eigenvalue weighted by molar-refractivity contribution is -0.148. The number of rotatable bonds is 0. The zero-order valence-corrected chi connectivity index (χ0v) is 13.0. The maximum Gasteiger partial charge on any atom is 0.312 e. The monoisotopic (exact) mass is 288 g/mol. The smallest absolute Gasteiger partial charge is 0.312 e. The van der Waals surface area contributed by atoms with Gasteiger partial charge in [0.25, 0.3) is 0 Å². The third-order valence-corrected chi connectivity index (χ3v) is 7.21. The lowest BCUT2D eigenvalue weighted by Gasteiger charge is -2.55. The number of ketones is 1. The maximum atomic E-state index is 12.1. The summed E-state index contributed by atoms with van der Waals surface area (Å²) >= 11 is 0. The average molecular weight is 288 g/mol. The summed E-state index contributed by atoms with van der Waals surface area (Å²) in [7, 11) is 0. The Bertz CT molecular complexity index is 549. The van der Waals surface area contributed by atoms with Gasteiger partial charge in [-0.1, -0.05) is 12.5 Å². The van der Waals surface area contributed by atoms with E-state index < -0.39 is 0 Å². The Hall–Kier alpha value is -1.12. The van der Waals surface area contributed by atoms with Crippen molar-refractivity contribution >= 4 is 11.8 Å². The van der Waals surface area contributed by atoms with E-state index in [0.29, 0.717) is 36.6 Å². The molecule has 0 spiro atoms. The molecule has 2 saturated carbocycles. The molecule has 3 nitrogen and oxygen atoms in total. The van der Waals surface area contributed by atoms with Crippen LogP contribution in [0.5, 0.6) is 0 Å². The molecule has 1 heterocycles. The highest BCUT2D eigenvalue weighted by atomic mass is 16.5. The van der Waals surface area contributed by atoms with E-state index in [1.807, 2.05) is 6.08 Å². The summed E-state index contributed by atoms with van der Waals surface area (Å²) in [6.45, 7) is 5.09. The molecule has 4 aliphatic rings. The second-order valence-corrected chi connectivity index (χ2v) is 8.02. The van der Waals surface area contributed by atoms with Crippen LogP contribution in [0, 0.1) is 28.6 Å². The molecule has 3 aliphatic carbocycles. The van der Waals surface area contributed by atoms with Crippen LogP contribution in [0.15, 0.2) is 11.6 Å². The molecular formula is C18H24O3. The van der Waals surface area contributed by atoms with Crippen LogP contribution in [-0.2, 0) is 14.3 Å². The molecule has 4 rings (SSSR count). The highest BCUT2D eigenvalue weighted by Gasteiger charge is 2.60. The SMILES string of the molecule is CC12CCC(=O)C=C1CCC1C2CC[C@]2(C)C(=O)OCC12. The summed E-state index contributed by atoms with van der Waals surface area (Å²) in [5.41, 5.74) is 1.32. The lowest BCUT2D eigenvalue weighted by Crippen LogP contribution is -2.51. The summed E-state index contributed by atoms with van der Waals surface area (Å²) in [5, 5.41) is 0. The Kier molecular flexibility index (Phi) is 2.71. The fraction of sp³-hybridized carbons (Fsp3) is 0.778. The van der Waals surface area contributed by atoms with Gasteiger partial charge in [0.1, 0.15) is 0 Å². The van der Waals surface area contributed by atoms with E-state index >= 15 is 0 Å². The molecule has 1 saturated heterocycles. The Labute approximate surface area is 126 Å². The third kappa shape index (κ3) is 1.66. The van der Waals surface area contributed by atoms with E-state index in [1.54, 1.807) is 0 Å². The Morgan fingerprint density at radius 1 is 1.05 bits per heavy atom. The topological polar surface area (TPSA) is 43.4 Å². The minimum atomic E-state index is -0.247. The molecule has 0 amide bonds. The second-order valence-electron chi connectivity index (χ2n) is 8.02. The minimum Gasteiger partial charge on any atom is -0.465 e. The van der Waals surface area contributed by atoms with Crippen LogP contribution in [0.25, 0.3) is 0 Å². The summed E-state index contributed by atoms with van der Waals surface area (Å²) < 4.78 is 5.43. The molecular weight excluding hydrogens is 264 g/mol. The summed E-state index contributed by atoms with van der Waals surface area (Å²) in [4.78, 5) is 23.9. The summed E-state index contributed by atoms with van der Waals surface area (Å²) in [5.74, 6) is 1.93. The molecule has 114 valence electrons. The van der Waals surface area contributed by atoms with E-state index in [9.17, 15) is 9.59 Å². The van der Waals surface area contributed by atoms with Crippen molar-refractivity contribution in [1.82, 2.24) is 0 Å². The number of cyclic esters (lactones) is 1. The molecule has 21 heavy (non-hydrogen) atoms. The zero-order chi connectivity index (χ0) is 14.8. The molecule has 0 radical (unpaired) electrons. The highest BCUT2D eigenvalue weighted by Crippen LogP contribution is 2.62. The van der Waals surface area contributed by atoms with Gasteiger partial charge in [-0.05, 0) is 62.4 Å². The molecule has 0 aromatic carbocycles. The van der Waals surface area contributed by atoms with Crippen LogP contribution >= 0.6 is 0 Å². The van der Waals surface area contributed by atoms with Gasteiger partial charge in [-0.3, -0.25) is 9.59 Å². The van der Waals surface area contributed by atoms with Gasteiger partial charge in [0.2, 0.25) is 0 Å². The number of carbonyl (C=O) groups is 2. The van der Waals surface area contributed by atoms with Crippen LogP contribution in [0.1, 0.15) is 52.4 Å². The third-order valence-electron chi connectivity index (χ3n) is 7.21.